The topological polar surface area (TPSA) is 17.1 Å². The standard InChI is InChI=1S/C14H12O.C13H11Br.CH4/c15-11-14-8-6-13(7-9-14)10-12-4-2-1-3-5-12;14-13-8-6-12(7-9-13)10-11-4-2-1-3-5-11;/h1-9,11H,10H2;1-9H,10H2;1H4. The van der Waals surface area contributed by atoms with Gasteiger partial charge in [-0.2, -0.15) is 0 Å². The molecule has 0 saturated carbocycles. The van der Waals surface area contributed by atoms with Crippen molar-refractivity contribution in [2.45, 2.75) is 20.3 Å². The van der Waals surface area contributed by atoms with Gasteiger partial charge in [-0.25, -0.2) is 0 Å². The molecule has 0 fully saturated rings. The smallest absolute Gasteiger partial charge is 0.150 e. The van der Waals surface area contributed by atoms with E-state index in [0.717, 1.165) is 29.2 Å². The van der Waals surface area contributed by atoms with Crippen molar-refractivity contribution in [3.05, 3.63) is 141 Å². The Hall–Kier alpha value is -2.97. The number of hydrogen-bond donors (Lipinski definition) is 0. The van der Waals surface area contributed by atoms with E-state index in [2.05, 4.69) is 76.6 Å². The van der Waals surface area contributed by atoms with Gasteiger partial charge in [0.2, 0.25) is 0 Å². The summed E-state index contributed by atoms with van der Waals surface area (Å²) >= 11 is 3.43. The molecular formula is C28H27BrO. The maximum Gasteiger partial charge on any atom is 0.150 e. The molecule has 2 heteroatoms. The highest BCUT2D eigenvalue weighted by Gasteiger charge is 1.96. The van der Waals surface area contributed by atoms with Crippen LogP contribution < -0.4 is 0 Å². The maximum atomic E-state index is 10.5. The molecule has 0 saturated heterocycles. The maximum absolute atomic E-state index is 10.5. The molecule has 4 aromatic carbocycles. The molecule has 1 nitrogen and oxygen atoms in total. The van der Waals surface area contributed by atoms with Crippen molar-refractivity contribution >= 4 is 22.2 Å². The molecule has 0 amide bonds. The van der Waals surface area contributed by atoms with Crippen LogP contribution in [0.25, 0.3) is 0 Å². The van der Waals surface area contributed by atoms with E-state index in [-0.39, 0.29) is 7.43 Å². The van der Waals surface area contributed by atoms with E-state index in [4.69, 9.17) is 0 Å². The molecular weight excluding hydrogens is 432 g/mol. The molecule has 0 heterocycles. The van der Waals surface area contributed by atoms with E-state index in [1.54, 1.807) is 0 Å². The Bertz CT molecular complexity index is 992. The number of carbonyl (C=O) groups excluding carboxylic acids is 1. The van der Waals surface area contributed by atoms with Crippen LogP contribution in [0.4, 0.5) is 0 Å². The molecule has 0 aliphatic heterocycles. The van der Waals surface area contributed by atoms with Crippen LogP contribution in [0.5, 0.6) is 0 Å². The quantitative estimate of drug-likeness (QED) is 0.279. The molecule has 0 aliphatic rings. The Labute approximate surface area is 188 Å². The first-order valence-electron chi connectivity index (χ1n) is 9.59. The van der Waals surface area contributed by atoms with Crippen LogP contribution in [0.3, 0.4) is 0 Å². The lowest BCUT2D eigenvalue weighted by atomic mass is 10.0. The third-order valence-corrected chi connectivity index (χ3v) is 5.06. The van der Waals surface area contributed by atoms with Crippen LogP contribution in [0.2, 0.25) is 0 Å². The number of rotatable bonds is 5. The van der Waals surface area contributed by atoms with E-state index < -0.39 is 0 Å². The molecule has 0 spiro atoms. The van der Waals surface area contributed by atoms with Crippen LogP contribution in [-0.2, 0) is 12.8 Å². The predicted octanol–water partition coefficient (Wildman–Crippen LogP) is 7.77. The van der Waals surface area contributed by atoms with Crippen molar-refractivity contribution in [2.75, 3.05) is 0 Å². The zero-order valence-corrected chi connectivity index (χ0v) is 17.8. The van der Waals surface area contributed by atoms with E-state index in [1.807, 2.05) is 48.5 Å². The third-order valence-electron chi connectivity index (χ3n) is 4.53. The Morgan fingerprint density at radius 2 is 0.900 bits per heavy atom. The lowest BCUT2D eigenvalue weighted by molar-refractivity contribution is 0.112. The number of carbonyl (C=O) groups is 1. The fraction of sp³-hybridized carbons (Fsp3) is 0.107. The second-order valence-electron chi connectivity index (χ2n) is 6.81. The monoisotopic (exact) mass is 458 g/mol. The Kier molecular flexibility index (Phi) is 9.76. The molecule has 0 N–H and O–H groups in total. The number of halogens is 1. The highest BCUT2D eigenvalue weighted by Crippen LogP contribution is 2.14. The van der Waals surface area contributed by atoms with Gasteiger partial charge in [-0.05, 0) is 47.2 Å². The van der Waals surface area contributed by atoms with Gasteiger partial charge >= 0.3 is 0 Å². The summed E-state index contributed by atoms with van der Waals surface area (Å²) in [4.78, 5) is 10.5. The normalized spacial score (nSPS) is 9.63. The van der Waals surface area contributed by atoms with Crippen molar-refractivity contribution in [2.24, 2.45) is 0 Å². The summed E-state index contributed by atoms with van der Waals surface area (Å²) in [5.74, 6) is 0. The number of hydrogen-bond acceptors (Lipinski definition) is 1. The van der Waals surface area contributed by atoms with Gasteiger partial charge in [-0.15, -0.1) is 0 Å². The minimum Gasteiger partial charge on any atom is -0.298 e. The second kappa shape index (κ2) is 12.6. The Morgan fingerprint density at radius 3 is 1.30 bits per heavy atom. The fourth-order valence-electron chi connectivity index (χ4n) is 2.98. The molecule has 30 heavy (non-hydrogen) atoms. The van der Waals surface area contributed by atoms with Crippen LogP contribution in [-0.4, -0.2) is 6.29 Å². The van der Waals surface area contributed by atoms with Gasteiger partial charge in [0.15, 0.2) is 0 Å². The summed E-state index contributed by atoms with van der Waals surface area (Å²) < 4.78 is 1.13. The van der Waals surface area contributed by atoms with Crippen molar-refractivity contribution in [3.8, 4) is 0 Å². The van der Waals surface area contributed by atoms with Gasteiger partial charge in [0, 0.05) is 10.0 Å². The van der Waals surface area contributed by atoms with Crippen molar-refractivity contribution in [1.29, 1.82) is 0 Å². The minimum atomic E-state index is 0. The van der Waals surface area contributed by atoms with Crippen molar-refractivity contribution in [3.63, 3.8) is 0 Å². The first-order chi connectivity index (χ1) is 14.2. The van der Waals surface area contributed by atoms with Crippen LogP contribution in [0.1, 0.15) is 40.0 Å². The zero-order valence-electron chi connectivity index (χ0n) is 16.2. The van der Waals surface area contributed by atoms with E-state index in [1.165, 1.54) is 22.3 Å². The molecule has 0 aliphatic carbocycles. The molecule has 4 rings (SSSR count). The number of aldehydes is 1. The zero-order chi connectivity index (χ0) is 20.3. The van der Waals surface area contributed by atoms with E-state index in [9.17, 15) is 4.79 Å². The van der Waals surface area contributed by atoms with Gasteiger partial charge in [0.1, 0.15) is 6.29 Å². The van der Waals surface area contributed by atoms with Gasteiger partial charge in [0.25, 0.3) is 0 Å². The molecule has 0 bridgehead atoms. The van der Waals surface area contributed by atoms with Gasteiger partial charge in [-0.3, -0.25) is 4.79 Å². The van der Waals surface area contributed by atoms with Crippen LogP contribution >= 0.6 is 15.9 Å². The Balaban J connectivity index is 0.000000207. The van der Waals surface area contributed by atoms with Crippen molar-refractivity contribution < 1.29 is 4.79 Å². The van der Waals surface area contributed by atoms with E-state index in [0.29, 0.717) is 0 Å². The third kappa shape index (κ3) is 7.81. The molecule has 0 unspecified atom stereocenters. The lowest BCUT2D eigenvalue weighted by Gasteiger charge is -2.01. The lowest BCUT2D eigenvalue weighted by Crippen LogP contribution is -1.88. The average Bonchev–Trinajstić information content (AvgIpc) is 2.78. The highest BCUT2D eigenvalue weighted by molar-refractivity contribution is 9.10. The largest absolute Gasteiger partial charge is 0.298 e. The number of benzene rings is 4. The predicted molar refractivity (Wildman–Crippen MR) is 131 cm³/mol. The average molecular weight is 459 g/mol. The van der Waals surface area contributed by atoms with Crippen LogP contribution in [0.15, 0.2) is 114 Å². The second-order valence-corrected chi connectivity index (χ2v) is 7.73. The summed E-state index contributed by atoms with van der Waals surface area (Å²) in [6, 6.07) is 37.0. The van der Waals surface area contributed by atoms with Gasteiger partial charge < -0.3 is 0 Å². The SMILES string of the molecule is Brc1ccc(Cc2ccccc2)cc1.C.O=Cc1ccc(Cc2ccccc2)cc1. The van der Waals surface area contributed by atoms with Crippen LogP contribution in [0, 0.1) is 0 Å². The summed E-state index contributed by atoms with van der Waals surface area (Å²) in [5, 5.41) is 0. The summed E-state index contributed by atoms with van der Waals surface area (Å²) in [5.41, 5.74) is 5.95. The summed E-state index contributed by atoms with van der Waals surface area (Å²) in [6.45, 7) is 0. The van der Waals surface area contributed by atoms with Crippen molar-refractivity contribution in [1.82, 2.24) is 0 Å². The molecule has 152 valence electrons. The summed E-state index contributed by atoms with van der Waals surface area (Å²) in [7, 11) is 0. The van der Waals surface area contributed by atoms with Gasteiger partial charge in [0.05, 0.1) is 0 Å². The highest BCUT2D eigenvalue weighted by atomic mass is 79.9. The molecule has 0 radical (unpaired) electrons. The molecule has 0 aromatic heterocycles. The first-order valence-corrected chi connectivity index (χ1v) is 10.4. The molecule has 4 aromatic rings. The fourth-order valence-corrected chi connectivity index (χ4v) is 3.24. The first kappa shape index (κ1) is 23.3. The van der Waals surface area contributed by atoms with E-state index >= 15 is 0 Å². The van der Waals surface area contributed by atoms with Gasteiger partial charge in [-0.1, -0.05) is 120 Å². The summed E-state index contributed by atoms with van der Waals surface area (Å²) in [6.07, 6.45) is 2.79. The molecule has 0 atom stereocenters. The minimum absolute atomic E-state index is 0. The Morgan fingerprint density at radius 1 is 0.533 bits per heavy atom.